The lowest BCUT2D eigenvalue weighted by molar-refractivity contribution is 0.600. The number of aromatic nitrogens is 1. The molecule has 1 aromatic carbocycles. The number of sulfone groups is 2. The Kier molecular flexibility index (Phi) is 4.84. The van der Waals surface area contributed by atoms with Crippen LogP contribution in [-0.4, -0.2) is 34.3 Å². The molecular formula is C14H18N2O4S3. The third-order valence-electron chi connectivity index (χ3n) is 3.28. The number of hydrogen-bond donors (Lipinski definition) is 1. The van der Waals surface area contributed by atoms with E-state index in [2.05, 4.69) is 10.3 Å². The molecule has 1 heterocycles. The standard InChI is InChI=1S/C14H18N2O4S3/c1-9-10(2)21-14(16-9)8-15-12-6-5-11(22(3,17)18)7-13(12)23(4,19)20/h5-7,15H,8H2,1-4H3. The molecule has 0 radical (unpaired) electrons. The van der Waals surface area contributed by atoms with Crippen LogP contribution in [0.15, 0.2) is 28.0 Å². The molecule has 9 heteroatoms. The molecule has 0 spiro atoms. The van der Waals surface area contributed by atoms with Gasteiger partial charge in [-0.1, -0.05) is 0 Å². The summed E-state index contributed by atoms with van der Waals surface area (Å²) < 4.78 is 47.1. The minimum Gasteiger partial charge on any atom is -0.377 e. The highest BCUT2D eigenvalue weighted by molar-refractivity contribution is 7.91. The van der Waals surface area contributed by atoms with Gasteiger partial charge in [0.2, 0.25) is 0 Å². The zero-order chi connectivity index (χ0) is 17.4. The van der Waals surface area contributed by atoms with Gasteiger partial charge in [-0.25, -0.2) is 21.8 Å². The van der Waals surface area contributed by atoms with E-state index in [4.69, 9.17) is 0 Å². The molecule has 2 rings (SSSR count). The fourth-order valence-electron chi connectivity index (χ4n) is 1.97. The van der Waals surface area contributed by atoms with Crippen LogP contribution in [0.2, 0.25) is 0 Å². The Balaban J connectivity index is 2.38. The van der Waals surface area contributed by atoms with Crippen molar-refractivity contribution in [3.05, 3.63) is 33.8 Å². The van der Waals surface area contributed by atoms with Crippen molar-refractivity contribution in [1.29, 1.82) is 0 Å². The van der Waals surface area contributed by atoms with Crippen molar-refractivity contribution in [2.45, 2.75) is 30.2 Å². The fourth-order valence-corrected chi connectivity index (χ4v) is 4.45. The van der Waals surface area contributed by atoms with Crippen LogP contribution in [-0.2, 0) is 26.2 Å². The quantitative estimate of drug-likeness (QED) is 0.862. The van der Waals surface area contributed by atoms with Gasteiger partial charge in [0.25, 0.3) is 0 Å². The Hall–Kier alpha value is -1.45. The van der Waals surface area contributed by atoms with E-state index in [1.54, 1.807) is 0 Å². The summed E-state index contributed by atoms with van der Waals surface area (Å²) in [5.41, 5.74) is 1.31. The van der Waals surface area contributed by atoms with Gasteiger partial charge in [-0.2, -0.15) is 0 Å². The van der Waals surface area contributed by atoms with Gasteiger partial charge in [0.1, 0.15) is 5.01 Å². The van der Waals surface area contributed by atoms with E-state index in [0.717, 1.165) is 28.1 Å². The highest BCUT2D eigenvalue weighted by Gasteiger charge is 2.18. The minimum atomic E-state index is -3.57. The smallest absolute Gasteiger partial charge is 0.177 e. The van der Waals surface area contributed by atoms with E-state index in [9.17, 15) is 16.8 Å². The number of aryl methyl sites for hydroxylation is 2. The number of thiazole rings is 1. The first kappa shape index (κ1) is 17.9. The largest absolute Gasteiger partial charge is 0.377 e. The number of rotatable bonds is 5. The maximum absolute atomic E-state index is 12.0. The van der Waals surface area contributed by atoms with Crippen molar-refractivity contribution in [3.63, 3.8) is 0 Å². The third kappa shape index (κ3) is 4.30. The van der Waals surface area contributed by atoms with Crippen molar-refractivity contribution < 1.29 is 16.8 Å². The molecule has 2 aromatic rings. The Labute approximate surface area is 140 Å². The van der Waals surface area contributed by atoms with Crippen LogP contribution in [0.4, 0.5) is 5.69 Å². The molecule has 0 aliphatic rings. The number of nitrogens with zero attached hydrogens (tertiary/aromatic N) is 1. The van der Waals surface area contributed by atoms with Crippen molar-refractivity contribution in [3.8, 4) is 0 Å². The lowest BCUT2D eigenvalue weighted by atomic mass is 10.3. The average Bonchev–Trinajstić information content (AvgIpc) is 2.73. The van der Waals surface area contributed by atoms with E-state index in [0.29, 0.717) is 12.2 Å². The summed E-state index contributed by atoms with van der Waals surface area (Å²) in [6.45, 7) is 4.26. The first-order valence-corrected chi connectivity index (χ1v) is 11.3. The number of benzene rings is 1. The first-order valence-electron chi connectivity index (χ1n) is 6.69. The molecule has 0 saturated carbocycles. The van der Waals surface area contributed by atoms with Crippen LogP contribution in [0.25, 0.3) is 0 Å². The van der Waals surface area contributed by atoms with E-state index >= 15 is 0 Å². The van der Waals surface area contributed by atoms with Crippen molar-refractivity contribution in [2.24, 2.45) is 0 Å². The SMILES string of the molecule is Cc1nc(CNc2ccc(S(C)(=O)=O)cc2S(C)(=O)=O)sc1C. The summed E-state index contributed by atoms with van der Waals surface area (Å²) in [6, 6.07) is 4.05. The topological polar surface area (TPSA) is 93.2 Å². The molecule has 6 nitrogen and oxygen atoms in total. The van der Waals surface area contributed by atoms with Crippen LogP contribution in [0.1, 0.15) is 15.6 Å². The molecule has 0 atom stereocenters. The fraction of sp³-hybridized carbons (Fsp3) is 0.357. The predicted octanol–water partition coefficient (Wildman–Crippen LogP) is 2.18. The summed E-state index contributed by atoms with van der Waals surface area (Å²) in [5.74, 6) is 0. The van der Waals surface area contributed by atoms with Crippen LogP contribution in [0.5, 0.6) is 0 Å². The highest BCUT2D eigenvalue weighted by Crippen LogP contribution is 2.26. The summed E-state index contributed by atoms with van der Waals surface area (Å²) >= 11 is 1.54. The lowest BCUT2D eigenvalue weighted by Crippen LogP contribution is -2.08. The van der Waals surface area contributed by atoms with E-state index < -0.39 is 19.7 Å². The number of anilines is 1. The molecule has 0 fully saturated rings. The summed E-state index contributed by atoms with van der Waals surface area (Å²) in [4.78, 5) is 5.43. The molecule has 0 saturated heterocycles. The Bertz CT molecular complexity index is 925. The van der Waals surface area contributed by atoms with Crippen LogP contribution < -0.4 is 5.32 Å². The molecule has 0 bridgehead atoms. The Morgan fingerprint density at radius 2 is 1.74 bits per heavy atom. The van der Waals surface area contributed by atoms with Gasteiger partial charge in [0.05, 0.1) is 27.7 Å². The summed E-state index contributed by atoms with van der Waals surface area (Å²) in [7, 11) is -7.04. The van der Waals surface area contributed by atoms with Crippen LogP contribution in [0, 0.1) is 13.8 Å². The Morgan fingerprint density at radius 1 is 1.09 bits per heavy atom. The van der Waals surface area contributed by atoms with Gasteiger partial charge in [0.15, 0.2) is 19.7 Å². The predicted molar refractivity (Wildman–Crippen MR) is 91.6 cm³/mol. The number of nitrogens with one attached hydrogen (secondary N) is 1. The monoisotopic (exact) mass is 374 g/mol. The molecule has 1 N–H and O–H groups in total. The highest BCUT2D eigenvalue weighted by atomic mass is 32.2. The van der Waals surface area contributed by atoms with E-state index in [1.807, 2.05) is 13.8 Å². The second-order valence-corrected chi connectivity index (χ2v) is 10.6. The maximum Gasteiger partial charge on any atom is 0.177 e. The second kappa shape index (κ2) is 6.21. The molecule has 0 aliphatic carbocycles. The first-order chi connectivity index (χ1) is 10.5. The van der Waals surface area contributed by atoms with Gasteiger partial charge >= 0.3 is 0 Å². The molecule has 23 heavy (non-hydrogen) atoms. The van der Waals surface area contributed by atoms with Gasteiger partial charge < -0.3 is 5.32 Å². The second-order valence-electron chi connectivity index (χ2n) is 5.31. The van der Waals surface area contributed by atoms with E-state index in [-0.39, 0.29) is 9.79 Å². The summed E-state index contributed by atoms with van der Waals surface area (Å²) in [5, 5.41) is 3.87. The zero-order valence-corrected chi connectivity index (χ0v) is 15.7. The number of hydrogen-bond acceptors (Lipinski definition) is 7. The molecule has 126 valence electrons. The maximum atomic E-state index is 12.0. The van der Waals surface area contributed by atoms with Crippen LogP contribution in [0.3, 0.4) is 0 Å². The molecular weight excluding hydrogens is 356 g/mol. The third-order valence-corrected chi connectivity index (χ3v) is 6.60. The van der Waals surface area contributed by atoms with Gasteiger partial charge in [-0.05, 0) is 32.0 Å². The molecule has 0 amide bonds. The van der Waals surface area contributed by atoms with Crippen molar-refractivity contribution >= 4 is 36.7 Å². The minimum absolute atomic E-state index is 0.0237. The molecule has 0 unspecified atom stereocenters. The molecule has 1 aromatic heterocycles. The zero-order valence-electron chi connectivity index (χ0n) is 13.2. The van der Waals surface area contributed by atoms with Gasteiger partial charge in [-0.3, -0.25) is 0 Å². The van der Waals surface area contributed by atoms with Gasteiger partial charge in [-0.15, -0.1) is 11.3 Å². The average molecular weight is 375 g/mol. The van der Waals surface area contributed by atoms with Crippen molar-refractivity contribution in [1.82, 2.24) is 4.98 Å². The normalized spacial score (nSPS) is 12.3. The lowest BCUT2D eigenvalue weighted by Gasteiger charge is -2.11. The molecule has 0 aliphatic heterocycles. The van der Waals surface area contributed by atoms with Gasteiger partial charge in [0, 0.05) is 17.4 Å². The van der Waals surface area contributed by atoms with Crippen LogP contribution >= 0.6 is 11.3 Å². The van der Waals surface area contributed by atoms with Crippen molar-refractivity contribution in [2.75, 3.05) is 17.8 Å². The summed E-state index contributed by atoms with van der Waals surface area (Å²) in [6.07, 6.45) is 2.10. The Morgan fingerprint density at radius 3 is 2.22 bits per heavy atom. The van der Waals surface area contributed by atoms with E-state index in [1.165, 1.54) is 29.5 Å².